The van der Waals surface area contributed by atoms with Crippen LogP contribution in [0.25, 0.3) is 0 Å². The molecule has 2 atom stereocenters. The molecule has 2 heterocycles. The highest BCUT2D eigenvalue weighted by molar-refractivity contribution is 5.94. The van der Waals surface area contributed by atoms with Crippen molar-refractivity contribution in [3.8, 4) is 0 Å². The second-order valence-electron chi connectivity index (χ2n) is 4.69. The summed E-state index contributed by atoms with van der Waals surface area (Å²) in [6.07, 6.45) is 1.39. The van der Waals surface area contributed by atoms with Gasteiger partial charge in [0.1, 0.15) is 5.82 Å². The fourth-order valence-electron chi connectivity index (χ4n) is 2.77. The molecule has 17 heavy (non-hydrogen) atoms. The van der Waals surface area contributed by atoms with E-state index in [0.717, 1.165) is 18.6 Å². The van der Waals surface area contributed by atoms with Gasteiger partial charge < -0.3 is 10.1 Å². The highest BCUT2D eigenvalue weighted by Crippen LogP contribution is 2.41. The van der Waals surface area contributed by atoms with Crippen LogP contribution in [0.4, 0.5) is 10.1 Å². The minimum atomic E-state index is -0.348. The lowest BCUT2D eigenvalue weighted by Gasteiger charge is -2.29. The number of carbonyl (C=O) groups excluding carboxylic acids is 1. The Morgan fingerprint density at radius 3 is 3.06 bits per heavy atom. The Labute approximate surface area is 99.0 Å². The zero-order valence-corrected chi connectivity index (χ0v) is 9.41. The smallest absolute Gasteiger partial charge is 0.225 e. The van der Waals surface area contributed by atoms with Crippen molar-refractivity contribution in [2.75, 3.05) is 18.5 Å². The maximum absolute atomic E-state index is 13.7. The Hall–Kier alpha value is -1.42. The van der Waals surface area contributed by atoms with Crippen LogP contribution in [0.2, 0.25) is 0 Å². The van der Waals surface area contributed by atoms with Crippen LogP contribution in [-0.2, 0) is 9.53 Å². The minimum Gasteiger partial charge on any atom is -0.381 e. The van der Waals surface area contributed by atoms with E-state index in [-0.39, 0.29) is 17.6 Å². The van der Waals surface area contributed by atoms with Crippen LogP contribution in [-0.4, -0.2) is 19.1 Å². The number of para-hydroxylation sites is 1. The summed E-state index contributed by atoms with van der Waals surface area (Å²) in [6.45, 7) is 1.42. The lowest BCUT2D eigenvalue weighted by Crippen LogP contribution is -2.28. The van der Waals surface area contributed by atoms with Gasteiger partial charge in [0.25, 0.3) is 0 Å². The molecule has 0 aliphatic carbocycles. The predicted octanol–water partition coefficient (Wildman–Crippen LogP) is 2.29. The third kappa shape index (κ3) is 1.82. The van der Waals surface area contributed by atoms with E-state index in [0.29, 0.717) is 24.6 Å². The summed E-state index contributed by atoms with van der Waals surface area (Å²) in [6, 6.07) is 4.99. The fraction of sp³-hybridized carbons (Fsp3) is 0.462. The van der Waals surface area contributed by atoms with Crippen LogP contribution in [0.3, 0.4) is 0 Å². The van der Waals surface area contributed by atoms with Crippen molar-refractivity contribution < 1.29 is 13.9 Å². The molecular weight excluding hydrogens is 221 g/mol. The number of rotatable bonds is 1. The van der Waals surface area contributed by atoms with Gasteiger partial charge in [-0.15, -0.1) is 0 Å². The normalized spacial score (nSPS) is 27.7. The molecule has 1 aromatic carbocycles. The van der Waals surface area contributed by atoms with E-state index in [1.165, 1.54) is 6.07 Å². The zero-order valence-electron chi connectivity index (χ0n) is 9.41. The van der Waals surface area contributed by atoms with Crippen molar-refractivity contribution in [2.24, 2.45) is 5.92 Å². The van der Waals surface area contributed by atoms with Crippen LogP contribution in [0, 0.1) is 11.7 Å². The van der Waals surface area contributed by atoms with E-state index in [1.807, 2.05) is 6.07 Å². The first-order chi connectivity index (χ1) is 8.25. The summed E-state index contributed by atoms with van der Waals surface area (Å²) in [5.74, 6) is -0.0162. The number of hydrogen-bond acceptors (Lipinski definition) is 2. The quantitative estimate of drug-likeness (QED) is 0.811. The van der Waals surface area contributed by atoms with Crippen LogP contribution in [0.5, 0.6) is 0 Å². The van der Waals surface area contributed by atoms with Crippen molar-refractivity contribution in [1.82, 2.24) is 0 Å². The SMILES string of the molecule is O=C1CC(C2CCOC2)c2cccc(F)c2N1. The first-order valence-electron chi connectivity index (χ1n) is 5.91. The number of anilines is 1. The molecule has 2 aliphatic heterocycles. The van der Waals surface area contributed by atoms with E-state index in [1.54, 1.807) is 6.07 Å². The Bertz CT molecular complexity index is 455. The number of benzene rings is 1. The van der Waals surface area contributed by atoms with Gasteiger partial charge in [0, 0.05) is 13.0 Å². The molecule has 0 bridgehead atoms. The minimum absolute atomic E-state index is 0.0944. The van der Waals surface area contributed by atoms with E-state index in [4.69, 9.17) is 4.74 Å². The summed E-state index contributed by atoms with van der Waals surface area (Å²) in [7, 11) is 0. The Morgan fingerprint density at radius 2 is 2.29 bits per heavy atom. The summed E-state index contributed by atoms with van der Waals surface area (Å²) >= 11 is 0. The monoisotopic (exact) mass is 235 g/mol. The predicted molar refractivity (Wildman–Crippen MR) is 61.3 cm³/mol. The number of carbonyl (C=O) groups is 1. The molecule has 1 N–H and O–H groups in total. The van der Waals surface area contributed by atoms with Gasteiger partial charge in [-0.05, 0) is 29.9 Å². The average molecular weight is 235 g/mol. The number of fused-ring (bicyclic) bond motifs is 1. The van der Waals surface area contributed by atoms with Crippen molar-refractivity contribution in [1.29, 1.82) is 0 Å². The van der Waals surface area contributed by atoms with Crippen LogP contribution in [0.1, 0.15) is 24.3 Å². The van der Waals surface area contributed by atoms with Crippen molar-refractivity contribution in [3.63, 3.8) is 0 Å². The second-order valence-corrected chi connectivity index (χ2v) is 4.69. The zero-order chi connectivity index (χ0) is 11.8. The van der Waals surface area contributed by atoms with E-state index < -0.39 is 0 Å². The van der Waals surface area contributed by atoms with Gasteiger partial charge in [-0.25, -0.2) is 4.39 Å². The summed E-state index contributed by atoms with van der Waals surface area (Å²) in [5, 5.41) is 2.63. The van der Waals surface area contributed by atoms with Gasteiger partial charge in [0.2, 0.25) is 5.91 Å². The number of halogens is 1. The fourth-order valence-corrected chi connectivity index (χ4v) is 2.77. The van der Waals surface area contributed by atoms with Crippen molar-refractivity contribution in [2.45, 2.75) is 18.8 Å². The maximum atomic E-state index is 13.7. The van der Waals surface area contributed by atoms with Gasteiger partial charge >= 0.3 is 0 Å². The highest BCUT2D eigenvalue weighted by Gasteiger charge is 2.34. The lowest BCUT2D eigenvalue weighted by molar-refractivity contribution is -0.117. The number of hydrogen-bond donors (Lipinski definition) is 1. The average Bonchev–Trinajstić information content (AvgIpc) is 2.83. The second kappa shape index (κ2) is 4.11. The summed E-state index contributed by atoms with van der Waals surface area (Å²) in [4.78, 5) is 11.6. The van der Waals surface area contributed by atoms with Crippen LogP contribution >= 0.6 is 0 Å². The summed E-state index contributed by atoms with van der Waals surface area (Å²) in [5.41, 5.74) is 1.28. The Balaban J connectivity index is 2.01. The molecule has 3 nitrogen and oxygen atoms in total. The number of amides is 1. The third-order valence-corrected chi connectivity index (χ3v) is 3.65. The molecule has 1 amide bonds. The van der Waals surface area contributed by atoms with E-state index >= 15 is 0 Å². The molecule has 0 saturated carbocycles. The number of ether oxygens (including phenoxy) is 1. The highest BCUT2D eigenvalue weighted by atomic mass is 19.1. The first kappa shape index (κ1) is 10.7. The Kier molecular flexibility index (Phi) is 2.59. The molecule has 2 unspecified atom stereocenters. The molecule has 4 heteroatoms. The van der Waals surface area contributed by atoms with Crippen molar-refractivity contribution >= 4 is 11.6 Å². The largest absolute Gasteiger partial charge is 0.381 e. The van der Waals surface area contributed by atoms with Gasteiger partial charge in [-0.3, -0.25) is 4.79 Å². The maximum Gasteiger partial charge on any atom is 0.225 e. The Morgan fingerprint density at radius 1 is 1.41 bits per heavy atom. The van der Waals surface area contributed by atoms with Crippen LogP contribution < -0.4 is 5.32 Å². The van der Waals surface area contributed by atoms with Gasteiger partial charge in [0.05, 0.1) is 12.3 Å². The number of nitrogens with one attached hydrogen (secondary N) is 1. The molecule has 0 aromatic heterocycles. The molecule has 90 valence electrons. The first-order valence-corrected chi connectivity index (χ1v) is 5.91. The van der Waals surface area contributed by atoms with Crippen LogP contribution in [0.15, 0.2) is 18.2 Å². The summed E-state index contributed by atoms with van der Waals surface area (Å²) < 4.78 is 19.0. The lowest BCUT2D eigenvalue weighted by atomic mass is 9.80. The third-order valence-electron chi connectivity index (χ3n) is 3.65. The van der Waals surface area contributed by atoms with Crippen molar-refractivity contribution in [3.05, 3.63) is 29.6 Å². The molecule has 0 spiro atoms. The van der Waals surface area contributed by atoms with Gasteiger partial charge in [-0.1, -0.05) is 12.1 Å². The molecule has 0 radical (unpaired) electrons. The molecule has 1 aromatic rings. The van der Waals surface area contributed by atoms with E-state index in [9.17, 15) is 9.18 Å². The van der Waals surface area contributed by atoms with E-state index in [2.05, 4.69) is 5.32 Å². The van der Waals surface area contributed by atoms with Gasteiger partial charge in [-0.2, -0.15) is 0 Å². The molecule has 3 rings (SSSR count). The molecule has 2 aliphatic rings. The molecular formula is C13H14FNO2. The van der Waals surface area contributed by atoms with Gasteiger partial charge in [0.15, 0.2) is 0 Å². The standard InChI is InChI=1S/C13H14FNO2/c14-11-3-1-2-9-10(8-4-5-17-7-8)6-12(16)15-13(9)11/h1-3,8,10H,4-7H2,(H,15,16). The molecule has 1 saturated heterocycles. The topological polar surface area (TPSA) is 38.3 Å². The molecule has 1 fully saturated rings.